The van der Waals surface area contributed by atoms with E-state index in [0.29, 0.717) is 19.4 Å². The number of nitrogens with zero attached hydrogens (tertiary/aromatic N) is 3. The van der Waals surface area contributed by atoms with Gasteiger partial charge in [-0.1, -0.05) is 59.2 Å². The zero-order chi connectivity index (χ0) is 42.6. The van der Waals surface area contributed by atoms with Crippen LogP contribution < -0.4 is 0 Å². The molecule has 0 aliphatic carbocycles. The number of H-pyrrole nitrogens is 1. The number of para-hydroxylation sites is 1. The summed E-state index contributed by atoms with van der Waals surface area (Å²) in [5.41, 5.74) is 1.76. The third-order valence-electron chi connectivity index (χ3n) is 12.3. The number of hydrogen-bond donors (Lipinski definition) is 2. The van der Waals surface area contributed by atoms with Gasteiger partial charge in [-0.25, -0.2) is 0 Å². The Morgan fingerprint density at radius 2 is 1.63 bits per heavy atom. The number of aromatic nitrogens is 1. The van der Waals surface area contributed by atoms with Gasteiger partial charge in [-0.15, -0.1) is 0 Å². The largest absolute Gasteiger partial charge is 0.481 e. The molecule has 0 radical (unpaired) electrons. The Bertz CT molecular complexity index is 1620. The van der Waals surface area contributed by atoms with E-state index in [1.54, 1.807) is 48.8 Å². The van der Waals surface area contributed by atoms with E-state index in [4.69, 9.17) is 9.47 Å². The SMILES string of the molecule is CC[C@H](C)[C@@H]([C@@H](CC(=O)N1CCC[C@H]1[C@H](OC)[C@@H](C)C(=O)C[C@@H](Cc1c[nH]c2ccccc12)C(=O)O)OC)N(C)C(=O)[C@H](CCSC)CC(=O)[C@H](C(C)C)N(C)C. The van der Waals surface area contributed by atoms with Crippen molar-refractivity contribution in [2.45, 2.75) is 116 Å². The van der Waals surface area contributed by atoms with E-state index < -0.39 is 42.0 Å². The lowest BCUT2D eigenvalue weighted by Gasteiger charge is -2.40. The van der Waals surface area contributed by atoms with Gasteiger partial charge in [0, 0.05) is 69.6 Å². The average Bonchev–Trinajstić information content (AvgIpc) is 3.83. The summed E-state index contributed by atoms with van der Waals surface area (Å²) in [6.45, 7) is 10.4. The Kier molecular flexibility index (Phi) is 19.2. The van der Waals surface area contributed by atoms with Gasteiger partial charge < -0.3 is 29.4 Å². The number of aliphatic carboxylic acids is 1. The van der Waals surface area contributed by atoms with Gasteiger partial charge in [0.15, 0.2) is 5.78 Å². The summed E-state index contributed by atoms with van der Waals surface area (Å²) in [6.07, 6.45) is 5.46. The summed E-state index contributed by atoms with van der Waals surface area (Å²) in [5, 5.41) is 11.1. The number of rotatable bonds is 25. The number of aromatic amines is 1. The predicted octanol–water partition coefficient (Wildman–Crippen LogP) is 6.21. The number of likely N-dealkylation sites (N-methyl/N-ethyl adjacent to an activating group) is 2. The molecule has 57 heavy (non-hydrogen) atoms. The Hall–Kier alpha value is -3.26. The molecule has 12 nitrogen and oxygen atoms in total. The first-order chi connectivity index (χ1) is 27.0. The molecule has 1 aliphatic heterocycles. The van der Waals surface area contributed by atoms with E-state index in [1.165, 1.54) is 7.11 Å². The molecule has 2 heterocycles. The van der Waals surface area contributed by atoms with Crippen LogP contribution in [-0.2, 0) is 39.9 Å². The van der Waals surface area contributed by atoms with Crippen LogP contribution in [0.3, 0.4) is 0 Å². The molecule has 1 aliphatic rings. The highest BCUT2D eigenvalue weighted by Gasteiger charge is 2.43. The number of methoxy groups -OCH3 is 2. The van der Waals surface area contributed by atoms with Crippen LogP contribution in [0.5, 0.6) is 0 Å². The zero-order valence-electron chi connectivity index (χ0n) is 36.3. The number of carboxylic acids is 1. The van der Waals surface area contributed by atoms with E-state index >= 15 is 0 Å². The molecule has 0 saturated carbocycles. The minimum Gasteiger partial charge on any atom is -0.481 e. The van der Waals surface area contributed by atoms with E-state index in [1.807, 2.05) is 63.4 Å². The lowest BCUT2D eigenvalue weighted by atomic mass is 9.85. The molecule has 0 bridgehead atoms. The van der Waals surface area contributed by atoms with E-state index in [9.17, 15) is 29.1 Å². The number of thioether (sulfide) groups is 1. The van der Waals surface area contributed by atoms with Gasteiger partial charge >= 0.3 is 5.97 Å². The molecule has 1 saturated heterocycles. The molecule has 0 unspecified atom stereocenters. The molecule has 1 fully saturated rings. The highest BCUT2D eigenvalue weighted by atomic mass is 32.2. The number of carboxylic acid groups (broad SMARTS) is 1. The maximum atomic E-state index is 14.4. The van der Waals surface area contributed by atoms with E-state index in [0.717, 1.165) is 35.1 Å². The molecule has 320 valence electrons. The molecule has 0 spiro atoms. The molecule has 9 atom stereocenters. The number of fused-ring (bicyclic) bond motifs is 1. The number of ether oxygens (including phenoxy) is 2. The molecule has 1 aromatic heterocycles. The second kappa shape index (κ2) is 22.8. The average molecular weight is 815 g/mol. The number of hydrogen-bond acceptors (Lipinski definition) is 9. The van der Waals surface area contributed by atoms with E-state index in [2.05, 4.69) is 18.8 Å². The monoisotopic (exact) mass is 814 g/mol. The standard InChI is InChI=1S/C44H70N4O8S/c1-12-28(4)41(47(8)43(52)30(19-21-57-11)23-37(50)40(27(2)3)46(6)7)38(55-9)25-39(51)48-20-15-18-35(48)42(56-10)29(5)36(49)24-31(44(53)54)22-32-26-45-34-17-14-13-16-33(32)34/h13-14,16-17,26-31,35,38,40-42,45H,12,15,18-25H2,1-11H3,(H,53,54)/t28-,29-,30+,31+,35-,38+,40-,41-,42+/m0/s1. The van der Waals surface area contributed by atoms with Crippen molar-refractivity contribution in [3.8, 4) is 0 Å². The van der Waals surface area contributed by atoms with Gasteiger partial charge in [-0.2, -0.15) is 11.8 Å². The lowest BCUT2D eigenvalue weighted by Crippen LogP contribution is -2.54. The zero-order valence-corrected chi connectivity index (χ0v) is 37.1. The van der Waals surface area contributed by atoms with Gasteiger partial charge in [-0.3, -0.25) is 28.9 Å². The minimum atomic E-state index is -1.03. The summed E-state index contributed by atoms with van der Waals surface area (Å²) in [7, 11) is 8.67. The molecule has 2 N–H and O–H groups in total. The summed E-state index contributed by atoms with van der Waals surface area (Å²) >= 11 is 1.65. The molecule has 2 aromatic rings. The Labute approximate surface area is 345 Å². The summed E-state index contributed by atoms with van der Waals surface area (Å²) in [6, 6.07) is 6.58. The number of likely N-dealkylation sites (tertiary alicyclic amines) is 1. The number of Topliss-reactive ketones (excluding diaryl/α,β-unsaturated/α-hetero) is 2. The van der Waals surface area contributed by atoms with Crippen molar-refractivity contribution < 1.29 is 38.6 Å². The second-order valence-corrected chi connectivity index (χ2v) is 17.6. The van der Waals surface area contributed by atoms with Crippen molar-refractivity contribution >= 4 is 52.0 Å². The highest BCUT2D eigenvalue weighted by Crippen LogP contribution is 2.32. The Morgan fingerprint density at radius 1 is 0.965 bits per heavy atom. The van der Waals surface area contributed by atoms with Gasteiger partial charge in [-0.05, 0) is 75.3 Å². The predicted molar refractivity (Wildman–Crippen MR) is 227 cm³/mol. The molecular weight excluding hydrogens is 745 g/mol. The topological polar surface area (TPSA) is 150 Å². The van der Waals surface area contributed by atoms with Crippen molar-refractivity contribution in [3.05, 3.63) is 36.0 Å². The Balaban J connectivity index is 1.78. The maximum Gasteiger partial charge on any atom is 0.307 e. The maximum absolute atomic E-state index is 14.4. The summed E-state index contributed by atoms with van der Waals surface area (Å²) < 4.78 is 12.0. The second-order valence-electron chi connectivity index (χ2n) is 16.7. The van der Waals surface area contributed by atoms with Gasteiger partial charge in [0.1, 0.15) is 5.78 Å². The third-order valence-corrected chi connectivity index (χ3v) is 12.9. The van der Waals surface area contributed by atoms with Crippen LogP contribution in [0.4, 0.5) is 0 Å². The van der Waals surface area contributed by atoms with Gasteiger partial charge in [0.05, 0.1) is 42.7 Å². The van der Waals surface area contributed by atoms with Crippen molar-refractivity contribution in [1.29, 1.82) is 0 Å². The quantitative estimate of drug-likeness (QED) is 0.119. The lowest BCUT2D eigenvalue weighted by molar-refractivity contribution is -0.148. The molecule has 2 amide bonds. The van der Waals surface area contributed by atoms with Crippen LogP contribution in [0, 0.1) is 29.6 Å². The minimum absolute atomic E-state index is 0.0102. The van der Waals surface area contributed by atoms with Crippen LogP contribution >= 0.6 is 11.8 Å². The molecule has 3 rings (SSSR count). The number of carbonyl (C=O) groups excluding carboxylic acids is 4. The van der Waals surface area contributed by atoms with Gasteiger partial charge in [0.2, 0.25) is 11.8 Å². The van der Waals surface area contributed by atoms with Crippen LogP contribution in [0.2, 0.25) is 0 Å². The van der Waals surface area contributed by atoms with Crippen LogP contribution in [0.25, 0.3) is 10.9 Å². The summed E-state index contributed by atoms with van der Waals surface area (Å²) in [4.78, 5) is 77.1. The van der Waals surface area contributed by atoms with Gasteiger partial charge in [0.25, 0.3) is 0 Å². The first-order valence-corrected chi connectivity index (χ1v) is 22.0. The summed E-state index contributed by atoms with van der Waals surface area (Å²) in [5.74, 6) is -2.71. The number of carbonyl (C=O) groups is 5. The van der Waals surface area contributed by atoms with Crippen molar-refractivity contribution in [1.82, 2.24) is 19.7 Å². The van der Waals surface area contributed by atoms with Crippen LogP contribution in [0.15, 0.2) is 30.5 Å². The highest BCUT2D eigenvalue weighted by molar-refractivity contribution is 7.98. The molecule has 1 aromatic carbocycles. The fourth-order valence-corrected chi connectivity index (χ4v) is 9.58. The first-order valence-electron chi connectivity index (χ1n) is 20.6. The van der Waals surface area contributed by atoms with Crippen molar-refractivity contribution in [2.75, 3.05) is 53.9 Å². The van der Waals surface area contributed by atoms with Crippen molar-refractivity contribution in [3.63, 3.8) is 0 Å². The van der Waals surface area contributed by atoms with Crippen LogP contribution in [-0.4, -0.2) is 138 Å². The fraction of sp³-hybridized carbons (Fsp3) is 0.705. The third kappa shape index (κ3) is 12.4. The number of benzene rings is 1. The Morgan fingerprint density at radius 3 is 2.21 bits per heavy atom. The van der Waals surface area contributed by atoms with Crippen molar-refractivity contribution in [2.24, 2.45) is 29.6 Å². The fourth-order valence-electron chi connectivity index (χ4n) is 9.06. The van der Waals surface area contributed by atoms with E-state index in [-0.39, 0.29) is 73.0 Å². The molecular formula is C44H70N4O8S. The number of ketones is 2. The first kappa shape index (κ1) is 48.1. The smallest absolute Gasteiger partial charge is 0.307 e. The molecule has 13 heteroatoms. The number of nitrogens with one attached hydrogen (secondary N) is 1. The van der Waals surface area contributed by atoms with Crippen LogP contribution in [0.1, 0.15) is 85.1 Å². The number of amides is 2. The normalized spacial score (nSPS) is 18.9.